The van der Waals surface area contributed by atoms with E-state index in [-0.39, 0.29) is 0 Å². The van der Waals surface area contributed by atoms with Gasteiger partial charge in [-0.15, -0.1) is 0 Å². The highest BCUT2D eigenvalue weighted by Crippen LogP contribution is 2.31. The number of pyridine rings is 1. The lowest BCUT2D eigenvalue weighted by Gasteiger charge is -2.14. The van der Waals surface area contributed by atoms with E-state index in [0.29, 0.717) is 30.7 Å². The van der Waals surface area contributed by atoms with Crippen LogP contribution in [0, 0.1) is 23.3 Å². The molecule has 2 aromatic rings. The minimum Gasteiger partial charge on any atom is -0.394 e. The number of hydrogen-bond acceptors (Lipinski definition) is 4. The first kappa shape index (κ1) is 21.9. The molecule has 5 nitrogen and oxygen atoms in total. The number of allylic oxidation sites excluding steroid dienone is 2. The summed E-state index contributed by atoms with van der Waals surface area (Å²) in [7, 11) is 1.09. The average molecular weight is 420 g/mol. The van der Waals surface area contributed by atoms with E-state index < -0.39 is 63.4 Å². The number of alkyl halides is 3. The standard InChI is InChI=1S/C17H11F7N4O/c1-26-4-8(15(25)17(22,23)24)7-2-10(19)13(3-9(7)18)28-16(29)14-11(20)5-27-6-12(14)21/h2-6H,25H2,1H3,(H,28,29). The second kappa shape index (κ2) is 8.29. The zero-order chi connectivity index (χ0) is 21.9. The Morgan fingerprint density at radius 3 is 2.17 bits per heavy atom. The molecule has 2 rings (SSSR count). The lowest BCUT2D eigenvalue weighted by atomic mass is 10.0. The molecule has 1 aromatic carbocycles. The number of nitrogens with one attached hydrogen (secondary N) is 1. The minimum absolute atomic E-state index is 0.333. The van der Waals surface area contributed by atoms with E-state index in [4.69, 9.17) is 5.73 Å². The van der Waals surface area contributed by atoms with Crippen molar-refractivity contribution >= 4 is 23.4 Å². The first-order chi connectivity index (χ1) is 13.5. The van der Waals surface area contributed by atoms with Crippen molar-refractivity contribution < 1.29 is 35.5 Å². The number of aromatic nitrogens is 1. The summed E-state index contributed by atoms with van der Waals surface area (Å²) in [6.07, 6.45) is -3.42. The quantitative estimate of drug-likeness (QED) is 0.583. The molecule has 0 saturated carbocycles. The number of carbonyl (C=O) groups is 1. The molecule has 0 radical (unpaired) electrons. The van der Waals surface area contributed by atoms with Gasteiger partial charge in [0, 0.05) is 30.5 Å². The molecule has 0 aliphatic heterocycles. The molecule has 29 heavy (non-hydrogen) atoms. The van der Waals surface area contributed by atoms with Crippen LogP contribution in [-0.2, 0) is 0 Å². The van der Waals surface area contributed by atoms with Gasteiger partial charge in [0.2, 0.25) is 0 Å². The van der Waals surface area contributed by atoms with Gasteiger partial charge in [-0.3, -0.25) is 14.8 Å². The lowest BCUT2D eigenvalue weighted by molar-refractivity contribution is -0.0918. The smallest absolute Gasteiger partial charge is 0.394 e. The van der Waals surface area contributed by atoms with E-state index in [9.17, 15) is 35.5 Å². The molecule has 0 atom stereocenters. The van der Waals surface area contributed by atoms with Crippen LogP contribution < -0.4 is 11.1 Å². The van der Waals surface area contributed by atoms with Crippen LogP contribution >= 0.6 is 0 Å². The van der Waals surface area contributed by atoms with Gasteiger partial charge in [0.05, 0.1) is 18.1 Å². The van der Waals surface area contributed by atoms with Crippen LogP contribution in [0.15, 0.2) is 35.2 Å². The summed E-state index contributed by atoms with van der Waals surface area (Å²) in [5.41, 5.74) is -0.556. The third-order valence-electron chi connectivity index (χ3n) is 3.53. The number of carbonyl (C=O) groups excluding carboxylic acids is 1. The summed E-state index contributed by atoms with van der Waals surface area (Å²) in [6.45, 7) is 0. The molecular weight excluding hydrogens is 409 g/mol. The topological polar surface area (TPSA) is 80.4 Å². The fraction of sp³-hybridized carbons (Fsp3) is 0.118. The molecule has 1 amide bonds. The summed E-state index contributed by atoms with van der Waals surface area (Å²) in [5.74, 6) is -6.97. The van der Waals surface area contributed by atoms with Gasteiger partial charge in [-0.05, 0) is 6.07 Å². The number of aliphatic imine (C=N–C) groups is 1. The number of hydrogen-bond donors (Lipinski definition) is 2. The second-order valence-corrected chi connectivity index (χ2v) is 5.46. The van der Waals surface area contributed by atoms with Crippen LogP contribution in [0.2, 0.25) is 0 Å². The number of nitrogens with two attached hydrogens (primary N) is 1. The number of nitrogens with zero attached hydrogens (tertiary/aromatic N) is 2. The van der Waals surface area contributed by atoms with Gasteiger partial charge in [0.1, 0.15) is 22.9 Å². The first-order valence-electron chi connectivity index (χ1n) is 7.56. The largest absolute Gasteiger partial charge is 0.431 e. The van der Waals surface area contributed by atoms with Crippen molar-refractivity contribution in [3.8, 4) is 0 Å². The predicted octanol–water partition coefficient (Wildman–Crippen LogP) is 3.82. The maximum absolute atomic E-state index is 14.4. The molecule has 1 heterocycles. The van der Waals surface area contributed by atoms with E-state index in [2.05, 4.69) is 9.98 Å². The Hall–Kier alpha value is -3.44. The summed E-state index contributed by atoms with van der Waals surface area (Å²) >= 11 is 0. The number of rotatable bonds is 4. The van der Waals surface area contributed by atoms with Crippen molar-refractivity contribution in [1.29, 1.82) is 0 Å². The highest BCUT2D eigenvalue weighted by Gasteiger charge is 2.35. The number of anilines is 1. The van der Waals surface area contributed by atoms with Crippen LogP contribution in [0.4, 0.5) is 36.4 Å². The van der Waals surface area contributed by atoms with Gasteiger partial charge in [-0.2, -0.15) is 13.2 Å². The van der Waals surface area contributed by atoms with Crippen molar-refractivity contribution in [1.82, 2.24) is 4.98 Å². The van der Waals surface area contributed by atoms with E-state index in [1.165, 1.54) is 0 Å². The van der Waals surface area contributed by atoms with Gasteiger partial charge in [-0.25, -0.2) is 17.6 Å². The molecule has 3 N–H and O–H groups in total. The maximum Gasteiger partial charge on any atom is 0.431 e. The van der Waals surface area contributed by atoms with E-state index >= 15 is 0 Å². The van der Waals surface area contributed by atoms with Crippen LogP contribution in [0.3, 0.4) is 0 Å². The van der Waals surface area contributed by atoms with Gasteiger partial charge in [0.15, 0.2) is 11.6 Å². The van der Waals surface area contributed by atoms with Crippen molar-refractivity contribution in [2.24, 2.45) is 10.7 Å². The molecule has 1 aromatic heterocycles. The zero-order valence-electron chi connectivity index (χ0n) is 14.4. The lowest BCUT2D eigenvalue weighted by Crippen LogP contribution is -2.22. The Kier molecular flexibility index (Phi) is 6.25. The fourth-order valence-electron chi connectivity index (χ4n) is 2.23. The van der Waals surface area contributed by atoms with Crippen LogP contribution in [0.1, 0.15) is 15.9 Å². The summed E-state index contributed by atoms with van der Waals surface area (Å²) in [4.78, 5) is 18.5. The summed E-state index contributed by atoms with van der Waals surface area (Å²) in [5, 5.41) is 1.74. The van der Waals surface area contributed by atoms with Gasteiger partial charge >= 0.3 is 6.18 Å². The normalized spacial score (nSPS) is 12.8. The third kappa shape index (κ3) is 4.70. The number of halogens is 7. The molecule has 0 bridgehead atoms. The van der Waals surface area contributed by atoms with Crippen LogP contribution in [0.5, 0.6) is 0 Å². The Labute approximate surface area is 158 Å². The highest BCUT2D eigenvalue weighted by molar-refractivity contribution is 6.11. The fourth-order valence-corrected chi connectivity index (χ4v) is 2.23. The molecule has 0 spiro atoms. The van der Waals surface area contributed by atoms with Crippen molar-refractivity contribution in [2.45, 2.75) is 6.18 Å². The molecule has 154 valence electrons. The summed E-state index contributed by atoms with van der Waals surface area (Å²) < 4.78 is 94.4. The average Bonchev–Trinajstić information content (AvgIpc) is 2.61. The summed E-state index contributed by atoms with van der Waals surface area (Å²) in [6, 6.07) is 0.673. The Morgan fingerprint density at radius 1 is 1.07 bits per heavy atom. The molecule has 0 aliphatic carbocycles. The van der Waals surface area contributed by atoms with E-state index in [1.54, 1.807) is 5.32 Å². The molecular formula is C17H11F7N4O. The third-order valence-corrected chi connectivity index (χ3v) is 3.53. The van der Waals surface area contributed by atoms with Gasteiger partial charge < -0.3 is 11.1 Å². The zero-order valence-corrected chi connectivity index (χ0v) is 14.4. The van der Waals surface area contributed by atoms with Crippen molar-refractivity contribution in [2.75, 3.05) is 12.4 Å². The Morgan fingerprint density at radius 2 is 1.66 bits per heavy atom. The van der Waals surface area contributed by atoms with Crippen LogP contribution in [0.25, 0.3) is 5.57 Å². The minimum atomic E-state index is -5.05. The van der Waals surface area contributed by atoms with E-state index in [1.807, 2.05) is 0 Å². The number of amides is 1. The molecule has 12 heteroatoms. The first-order valence-corrected chi connectivity index (χ1v) is 7.56. The molecule has 0 aliphatic rings. The van der Waals surface area contributed by atoms with E-state index in [0.717, 1.165) is 7.05 Å². The monoisotopic (exact) mass is 420 g/mol. The Balaban J connectivity index is 2.50. The van der Waals surface area contributed by atoms with Crippen LogP contribution in [-0.4, -0.2) is 30.3 Å². The molecule has 0 saturated heterocycles. The predicted molar refractivity (Wildman–Crippen MR) is 90.0 cm³/mol. The van der Waals surface area contributed by atoms with Gasteiger partial charge in [0.25, 0.3) is 5.91 Å². The highest BCUT2D eigenvalue weighted by atomic mass is 19.4. The van der Waals surface area contributed by atoms with Crippen molar-refractivity contribution in [3.63, 3.8) is 0 Å². The maximum atomic E-state index is 14.4. The Bertz CT molecular complexity index is 995. The van der Waals surface area contributed by atoms with Gasteiger partial charge in [-0.1, -0.05) is 0 Å². The SMILES string of the molecule is CN=CC(=C(N)C(F)(F)F)c1cc(F)c(NC(=O)c2c(F)cncc2F)cc1F. The second-order valence-electron chi connectivity index (χ2n) is 5.46. The number of benzene rings is 1. The molecule has 0 unspecified atom stereocenters. The molecule has 0 fully saturated rings. The van der Waals surface area contributed by atoms with Crippen molar-refractivity contribution in [3.05, 3.63) is 64.6 Å².